The Morgan fingerprint density at radius 2 is 1.74 bits per heavy atom. The maximum Gasteiger partial charge on any atom is 0.416 e. The van der Waals surface area contributed by atoms with Gasteiger partial charge in [-0.2, -0.15) is 13.2 Å². The number of alkyl halides is 3. The minimum Gasteiger partial charge on any atom is -0.353 e. The summed E-state index contributed by atoms with van der Waals surface area (Å²) in [6.45, 7) is 10.3. The molecule has 0 saturated carbocycles. The lowest BCUT2D eigenvalue weighted by Crippen LogP contribution is -2.51. The van der Waals surface area contributed by atoms with Gasteiger partial charge in [-0.1, -0.05) is 58.4 Å². The third-order valence-electron chi connectivity index (χ3n) is 7.36. The Balaban J connectivity index is 0.00000127. The van der Waals surface area contributed by atoms with Crippen molar-refractivity contribution in [2.45, 2.75) is 84.5 Å². The van der Waals surface area contributed by atoms with Gasteiger partial charge < -0.3 is 15.1 Å². The first kappa shape index (κ1) is 29.9. The van der Waals surface area contributed by atoms with Crippen LogP contribution in [0.5, 0.6) is 0 Å². The van der Waals surface area contributed by atoms with Gasteiger partial charge in [0.05, 0.1) is 5.56 Å². The molecule has 2 aromatic rings. The summed E-state index contributed by atoms with van der Waals surface area (Å²) in [4.78, 5) is 20.9. The highest BCUT2D eigenvalue weighted by molar-refractivity contribution is 5.78. The van der Waals surface area contributed by atoms with Gasteiger partial charge in [0.25, 0.3) is 0 Å². The van der Waals surface area contributed by atoms with Crippen molar-refractivity contribution in [1.82, 2.24) is 15.2 Å². The molecule has 2 heterocycles. The van der Waals surface area contributed by atoms with Gasteiger partial charge in [-0.15, -0.1) is 0 Å². The first-order valence-electron chi connectivity index (χ1n) is 14.1. The summed E-state index contributed by atoms with van der Waals surface area (Å²) in [7, 11) is 0. The summed E-state index contributed by atoms with van der Waals surface area (Å²) in [5.41, 5.74) is 2.17. The van der Waals surface area contributed by atoms with E-state index in [9.17, 15) is 18.0 Å². The number of carbonyl (C=O) groups excluding carboxylic acids is 1. The Kier molecular flexibility index (Phi) is 11.0. The average molecular weight is 533 g/mol. The van der Waals surface area contributed by atoms with E-state index in [1.165, 1.54) is 23.7 Å². The van der Waals surface area contributed by atoms with Crippen LogP contribution in [0, 0.1) is 5.92 Å². The summed E-state index contributed by atoms with van der Waals surface area (Å²) in [6, 6.07) is 11.4. The van der Waals surface area contributed by atoms with Gasteiger partial charge in [0.2, 0.25) is 5.91 Å². The predicted molar refractivity (Wildman–Crippen MR) is 147 cm³/mol. The molecular weight excluding hydrogens is 489 g/mol. The Bertz CT molecular complexity index is 1020. The number of aryl methyl sites for hydroxylation is 1. The molecule has 0 spiro atoms. The van der Waals surface area contributed by atoms with Crippen molar-refractivity contribution in [1.29, 1.82) is 0 Å². The second-order valence-electron chi connectivity index (χ2n) is 10.5. The maximum atomic E-state index is 13.1. The number of pyridine rings is 1. The number of amides is 1. The standard InChI is InChI=1S/C27H35F3N4O.C3H8/c1-3-23(32-24-9-8-20-6-4-5-7-21(20)17-24)16-19(2)26(35)34-14-12-33(13-15-34)25-18-22(10-11-31-25)27(28,29)30;1-3-2/h4-7,10-11,18-19,23-24,32H,3,8-9,12-17H2,1-2H3;3H2,1-2H3. The normalized spacial score (nSPS) is 19.2. The van der Waals surface area contributed by atoms with Gasteiger partial charge in [-0.3, -0.25) is 4.79 Å². The molecule has 1 N–H and O–H groups in total. The minimum atomic E-state index is -4.39. The quantitative estimate of drug-likeness (QED) is 0.467. The molecule has 1 aliphatic carbocycles. The van der Waals surface area contributed by atoms with E-state index in [2.05, 4.69) is 55.3 Å². The average Bonchev–Trinajstić information content (AvgIpc) is 2.92. The number of hydrogen-bond acceptors (Lipinski definition) is 4. The van der Waals surface area contributed by atoms with E-state index in [4.69, 9.17) is 0 Å². The van der Waals surface area contributed by atoms with Crippen LogP contribution in [-0.2, 0) is 23.8 Å². The molecule has 1 amide bonds. The number of hydrogen-bond donors (Lipinski definition) is 1. The monoisotopic (exact) mass is 532 g/mol. The lowest BCUT2D eigenvalue weighted by atomic mass is 9.87. The fourth-order valence-corrected chi connectivity index (χ4v) is 5.29. The van der Waals surface area contributed by atoms with Gasteiger partial charge in [0.15, 0.2) is 0 Å². The molecule has 4 rings (SSSR count). The summed E-state index contributed by atoms with van der Waals surface area (Å²) in [5.74, 6) is 0.321. The van der Waals surface area contributed by atoms with Crippen LogP contribution < -0.4 is 10.2 Å². The zero-order valence-electron chi connectivity index (χ0n) is 23.2. The Hall–Kier alpha value is -2.61. The number of piperazine rings is 1. The van der Waals surface area contributed by atoms with E-state index in [0.29, 0.717) is 38.0 Å². The zero-order chi connectivity index (χ0) is 27.7. The number of anilines is 1. The van der Waals surface area contributed by atoms with Gasteiger partial charge in [0.1, 0.15) is 5.82 Å². The first-order chi connectivity index (χ1) is 18.2. The Labute approximate surface area is 225 Å². The second-order valence-corrected chi connectivity index (χ2v) is 10.5. The van der Waals surface area contributed by atoms with Crippen LogP contribution in [-0.4, -0.2) is 54.1 Å². The van der Waals surface area contributed by atoms with Gasteiger partial charge in [-0.05, 0) is 55.4 Å². The molecule has 5 nitrogen and oxygen atoms in total. The molecule has 1 aliphatic heterocycles. The van der Waals surface area contributed by atoms with Crippen molar-refractivity contribution in [2.75, 3.05) is 31.1 Å². The lowest BCUT2D eigenvalue weighted by molar-refractivity contribution is -0.137. The van der Waals surface area contributed by atoms with Gasteiger partial charge in [0, 0.05) is 50.4 Å². The number of halogens is 3. The van der Waals surface area contributed by atoms with Gasteiger partial charge >= 0.3 is 6.18 Å². The Morgan fingerprint density at radius 1 is 1.08 bits per heavy atom. The summed E-state index contributed by atoms with van der Waals surface area (Å²) < 4.78 is 39.1. The molecule has 1 aromatic carbocycles. The number of aromatic nitrogens is 1. The Morgan fingerprint density at radius 3 is 2.37 bits per heavy atom. The van der Waals surface area contributed by atoms with Crippen molar-refractivity contribution in [3.63, 3.8) is 0 Å². The summed E-state index contributed by atoms with van der Waals surface area (Å²) >= 11 is 0. The highest BCUT2D eigenvalue weighted by Gasteiger charge is 2.32. The predicted octanol–water partition coefficient (Wildman–Crippen LogP) is 6.12. The molecule has 1 fully saturated rings. The molecule has 0 bridgehead atoms. The van der Waals surface area contributed by atoms with E-state index in [-0.39, 0.29) is 17.9 Å². The summed E-state index contributed by atoms with van der Waals surface area (Å²) in [5, 5.41) is 3.80. The molecule has 0 radical (unpaired) electrons. The molecular formula is C30H43F3N4O. The van der Waals surface area contributed by atoms with Crippen molar-refractivity contribution in [3.05, 3.63) is 59.3 Å². The van der Waals surface area contributed by atoms with Crippen LogP contribution in [0.3, 0.4) is 0 Å². The van der Waals surface area contributed by atoms with Crippen LogP contribution in [0.2, 0.25) is 0 Å². The largest absolute Gasteiger partial charge is 0.416 e. The van der Waals surface area contributed by atoms with Crippen LogP contribution in [0.15, 0.2) is 42.6 Å². The third-order valence-corrected chi connectivity index (χ3v) is 7.36. The van der Waals surface area contributed by atoms with Crippen molar-refractivity contribution >= 4 is 11.7 Å². The summed E-state index contributed by atoms with van der Waals surface area (Å²) in [6.07, 6.45) is 3.02. The van der Waals surface area contributed by atoms with Crippen LogP contribution >= 0.6 is 0 Å². The number of benzene rings is 1. The molecule has 1 saturated heterocycles. The van der Waals surface area contributed by atoms with E-state index >= 15 is 0 Å². The van der Waals surface area contributed by atoms with E-state index in [1.54, 1.807) is 0 Å². The van der Waals surface area contributed by atoms with Gasteiger partial charge in [-0.25, -0.2) is 4.98 Å². The SMILES string of the molecule is CCC.CCC(CC(C)C(=O)N1CCN(c2cc(C(F)(F)F)ccn2)CC1)NC1CCc2ccccc2C1. The van der Waals surface area contributed by atoms with Crippen LogP contribution in [0.1, 0.15) is 70.1 Å². The molecule has 210 valence electrons. The third kappa shape index (κ3) is 8.19. The molecule has 3 unspecified atom stereocenters. The van der Waals surface area contributed by atoms with Crippen LogP contribution in [0.25, 0.3) is 0 Å². The fourth-order valence-electron chi connectivity index (χ4n) is 5.29. The fraction of sp³-hybridized carbons (Fsp3) is 0.600. The number of fused-ring (bicyclic) bond motifs is 1. The number of rotatable bonds is 7. The van der Waals surface area contributed by atoms with Crippen LogP contribution in [0.4, 0.5) is 19.0 Å². The van der Waals surface area contributed by atoms with E-state index in [1.807, 2.05) is 16.7 Å². The molecule has 8 heteroatoms. The topological polar surface area (TPSA) is 48.5 Å². The number of nitrogens with zero attached hydrogens (tertiary/aromatic N) is 3. The van der Waals surface area contributed by atoms with Crippen molar-refractivity contribution < 1.29 is 18.0 Å². The molecule has 38 heavy (non-hydrogen) atoms. The molecule has 1 aromatic heterocycles. The van der Waals surface area contributed by atoms with E-state index in [0.717, 1.165) is 44.2 Å². The highest BCUT2D eigenvalue weighted by atomic mass is 19.4. The molecule has 2 aliphatic rings. The van der Waals surface area contributed by atoms with E-state index < -0.39 is 11.7 Å². The smallest absolute Gasteiger partial charge is 0.353 e. The van der Waals surface area contributed by atoms with Crippen molar-refractivity contribution in [3.8, 4) is 0 Å². The maximum absolute atomic E-state index is 13.1. The van der Waals surface area contributed by atoms with Crippen molar-refractivity contribution in [2.24, 2.45) is 5.92 Å². The molecule has 3 atom stereocenters. The second kappa shape index (κ2) is 14.0. The zero-order valence-corrected chi connectivity index (χ0v) is 23.2. The lowest BCUT2D eigenvalue weighted by Gasteiger charge is -2.37. The first-order valence-corrected chi connectivity index (χ1v) is 14.1. The number of nitrogens with one attached hydrogen (secondary N) is 1. The minimum absolute atomic E-state index is 0.110. The highest BCUT2D eigenvalue weighted by Crippen LogP contribution is 2.31. The number of carbonyl (C=O) groups is 1.